The summed E-state index contributed by atoms with van der Waals surface area (Å²) in [6, 6.07) is 0. The Bertz CT molecular complexity index is 801. The Hall–Kier alpha value is -0.340. The predicted molar refractivity (Wildman–Crippen MR) is 132 cm³/mol. The summed E-state index contributed by atoms with van der Waals surface area (Å²) >= 11 is 0. The lowest BCUT2D eigenvalue weighted by molar-refractivity contribution is -0.262. The van der Waals surface area contributed by atoms with Crippen molar-refractivity contribution >= 4 is 0 Å². The largest absolute Gasteiger partial charge is 0.390 e. The van der Waals surface area contributed by atoms with Crippen LogP contribution in [-0.4, -0.2) is 22.4 Å². The minimum Gasteiger partial charge on any atom is -0.390 e. The molecule has 0 amide bonds. The maximum absolute atomic E-state index is 11.0. The van der Waals surface area contributed by atoms with E-state index in [1.807, 2.05) is 0 Å². The van der Waals surface area contributed by atoms with E-state index in [4.69, 9.17) is 0 Å². The number of hydrogen-bond acceptors (Lipinski definition) is 2. The molecule has 5 aliphatic rings. The van der Waals surface area contributed by atoms with Gasteiger partial charge in [0, 0.05) is 0 Å². The highest BCUT2D eigenvalue weighted by Gasteiger charge is 2.70. The molecule has 11 atom stereocenters. The van der Waals surface area contributed by atoms with E-state index in [1.54, 1.807) is 0 Å². The normalized spacial score (nSPS) is 58.8. The number of fused-ring (bicyclic) bond motifs is 7. The molecule has 0 saturated heterocycles. The predicted octanol–water partition coefficient (Wildman–Crippen LogP) is 7.00. The van der Waals surface area contributed by atoms with Crippen molar-refractivity contribution in [1.82, 2.24) is 0 Å². The summed E-state index contributed by atoms with van der Waals surface area (Å²) in [6.07, 6.45) is 10.2. The Morgan fingerprint density at radius 3 is 2.12 bits per heavy atom. The van der Waals surface area contributed by atoms with Gasteiger partial charge < -0.3 is 10.2 Å². The Balaban J connectivity index is 1.55. The smallest absolute Gasteiger partial charge is 0.0852 e. The molecule has 182 valence electrons. The highest BCUT2D eigenvalue weighted by molar-refractivity contribution is 5.21. The van der Waals surface area contributed by atoms with Crippen molar-refractivity contribution in [3.05, 3.63) is 12.2 Å². The second-order valence-electron chi connectivity index (χ2n) is 14.9. The molecule has 5 fully saturated rings. The van der Waals surface area contributed by atoms with Gasteiger partial charge in [-0.1, -0.05) is 53.7 Å². The van der Waals surface area contributed by atoms with Crippen molar-refractivity contribution < 1.29 is 10.2 Å². The fourth-order valence-electron chi connectivity index (χ4n) is 11.6. The van der Waals surface area contributed by atoms with Crippen LogP contribution in [0.4, 0.5) is 0 Å². The summed E-state index contributed by atoms with van der Waals surface area (Å²) in [4.78, 5) is 0. The van der Waals surface area contributed by atoms with E-state index in [0.29, 0.717) is 34.0 Å². The van der Waals surface area contributed by atoms with Gasteiger partial charge in [-0.15, -0.1) is 0 Å². The SMILES string of the molecule is C=C(C)[C@@H]1CC[C@]2(C)CC[C@]3(C)[C@H](CC[C@@H]4[C@@]5(C)C[C@@H](O)[C@H](O)C(C)(C)[C@@H]5CC[C@]43C)[C@@H]12. The van der Waals surface area contributed by atoms with Crippen LogP contribution in [0.2, 0.25) is 0 Å². The number of allylic oxidation sites excluding steroid dienone is 1. The van der Waals surface area contributed by atoms with E-state index in [1.165, 1.54) is 56.9 Å². The molecule has 2 heteroatoms. The maximum atomic E-state index is 11.0. The van der Waals surface area contributed by atoms with Crippen molar-refractivity contribution in [3.8, 4) is 0 Å². The second-order valence-corrected chi connectivity index (χ2v) is 14.9. The molecule has 0 unspecified atom stereocenters. The Kier molecular flexibility index (Phi) is 5.02. The zero-order valence-electron chi connectivity index (χ0n) is 22.0. The van der Waals surface area contributed by atoms with E-state index in [-0.39, 0.29) is 10.8 Å². The lowest BCUT2D eigenvalue weighted by Gasteiger charge is -2.73. The third-order valence-corrected chi connectivity index (χ3v) is 13.4. The summed E-state index contributed by atoms with van der Waals surface area (Å²) in [6.45, 7) is 21.6. The summed E-state index contributed by atoms with van der Waals surface area (Å²) in [7, 11) is 0. The fourth-order valence-corrected chi connectivity index (χ4v) is 11.6. The van der Waals surface area contributed by atoms with Crippen molar-refractivity contribution in [2.45, 2.75) is 118 Å². The minimum atomic E-state index is -0.595. The van der Waals surface area contributed by atoms with Gasteiger partial charge in [0.2, 0.25) is 0 Å². The first-order valence-electron chi connectivity index (χ1n) is 13.7. The molecular formula is C30H50O2. The average Bonchev–Trinajstić information content (AvgIpc) is 3.05. The van der Waals surface area contributed by atoms with Crippen molar-refractivity contribution in [2.24, 2.45) is 56.7 Å². The van der Waals surface area contributed by atoms with Crippen LogP contribution in [0.5, 0.6) is 0 Å². The Labute approximate surface area is 197 Å². The molecule has 2 nitrogen and oxygen atoms in total. The van der Waals surface area contributed by atoms with Gasteiger partial charge >= 0.3 is 0 Å². The van der Waals surface area contributed by atoms with E-state index >= 15 is 0 Å². The van der Waals surface area contributed by atoms with Crippen molar-refractivity contribution in [1.29, 1.82) is 0 Å². The van der Waals surface area contributed by atoms with Crippen molar-refractivity contribution in [2.75, 3.05) is 0 Å². The van der Waals surface area contributed by atoms with Crippen LogP contribution in [0, 0.1) is 56.7 Å². The number of hydrogen-bond donors (Lipinski definition) is 2. The molecule has 5 aliphatic carbocycles. The quantitative estimate of drug-likeness (QED) is 0.429. The van der Waals surface area contributed by atoms with E-state index in [0.717, 1.165) is 18.3 Å². The van der Waals surface area contributed by atoms with E-state index in [9.17, 15) is 10.2 Å². The van der Waals surface area contributed by atoms with E-state index < -0.39 is 12.2 Å². The van der Waals surface area contributed by atoms with Crippen LogP contribution in [0.3, 0.4) is 0 Å². The van der Waals surface area contributed by atoms with Crippen molar-refractivity contribution in [3.63, 3.8) is 0 Å². The summed E-state index contributed by atoms with van der Waals surface area (Å²) in [5.74, 6) is 3.46. The molecule has 5 rings (SSSR count). The molecule has 0 aromatic rings. The first-order valence-corrected chi connectivity index (χ1v) is 13.7. The zero-order chi connectivity index (χ0) is 23.5. The first-order chi connectivity index (χ1) is 14.7. The van der Waals surface area contributed by atoms with Crippen LogP contribution in [0.15, 0.2) is 12.2 Å². The average molecular weight is 443 g/mol. The number of aliphatic hydroxyl groups is 2. The lowest BCUT2D eigenvalue weighted by Crippen LogP contribution is -2.68. The summed E-state index contributed by atoms with van der Waals surface area (Å²) < 4.78 is 0. The molecule has 5 saturated carbocycles. The monoisotopic (exact) mass is 442 g/mol. The number of aliphatic hydroxyl groups excluding tert-OH is 2. The third-order valence-electron chi connectivity index (χ3n) is 13.4. The Morgan fingerprint density at radius 1 is 0.781 bits per heavy atom. The highest BCUT2D eigenvalue weighted by Crippen LogP contribution is 2.77. The molecule has 32 heavy (non-hydrogen) atoms. The van der Waals surface area contributed by atoms with Gasteiger partial charge in [-0.25, -0.2) is 0 Å². The molecule has 0 heterocycles. The molecule has 0 aromatic carbocycles. The molecule has 0 radical (unpaired) electrons. The number of rotatable bonds is 1. The van der Waals surface area contributed by atoms with Crippen LogP contribution in [0.1, 0.15) is 106 Å². The highest BCUT2D eigenvalue weighted by atomic mass is 16.3. The molecule has 2 N–H and O–H groups in total. The van der Waals surface area contributed by atoms with Gasteiger partial charge in [0.05, 0.1) is 12.2 Å². The van der Waals surface area contributed by atoms with Gasteiger partial charge in [0.25, 0.3) is 0 Å². The van der Waals surface area contributed by atoms with Crippen LogP contribution in [-0.2, 0) is 0 Å². The van der Waals surface area contributed by atoms with Gasteiger partial charge in [-0.05, 0) is 121 Å². The van der Waals surface area contributed by atoms with Gasteiger partial charge in [0.15, 0.2) is 0 Å². The van der Waals surface area contributed by atoms with Crippen LogP contribution in [0.25, 0.3) is 0 Å². The fraction of sp³-hybridized carbons (Fsp3) is 0.933. The molecular weight excluding hydrogens is 392 g/mol. The maximum Gasteiger partial charge on any atom is 0.0852 e. The second kappa shape index (κ2) is 6.87. The summed E-state index contributed by atoms with van der Waals surface area (Å²) in [5, 5.41) is 21.9. The molecule has 0 bridgehead atoms. The van der Waals surface area contributed by atoms with E-state index in [2.05, 4.69) is 55.0 Å². The van der Waals surface area contributed by atoms with Gasteiger partial charge in [-0.2, -0.15) is 0 Å². The van der Waals surface area contributed by atoms with Gasteiger partial charge in [-0.3, -0.25) is 0 Å². The molecule has 0 spiro atoms. The lowest BCUT2D eigenvalue weighted by atomic mass is 9.32. The topological polar surface area (TPSA) is 40.5 Å². The van der Waals surface area contributed by atoms with Gasteiger partial charge in [0.1, 0.15) is 0 Å². The summed E-state index contributed by atoms with van der Waals surface area (Å²) in [5.41, 5.74) is 2.53. The third kappa shape index (κ3) is 2.66. The Morgan fingerprint density at radius 2 is 1.47 bits per heavy atom. The van der Waals surface area contributed by atoms with Crippen LogP contribution >= 0.6 is 0 Å². The minimum absolute atomic E-state index is 0.118. The standard InChI is InChI=1S/C30H50O2/c1-18(2)19-11-13-27(5)15-16-29(7)20(24(19)27)9-10-23-28(6)17-21(31)25(32)26(3,4)22(28)12-14-30(23,29)8/h19-25,31-32H,1,9-17H2,2-8H3/t19-,20+,21+,22-,23+,24+,25-,27+,28-,29+,30+/m0/s1. The van der Waals surface area contributed by atoms with Crippen LogP contribution < -0.4 is 0 Å². The molecule has 0 aromatic heterocycles. The first kappa shape index (κ1) is 23.4. The zero-order valence-corrected chi connectivity index (χ0v) is 22.0. The molecule has 0 aliphatic heterocycles.